The lowest BCUT2D eigenvalue weighted by molar-refractivity contribution is 0.112. The summed E-state index contributed by atoms with van der Waals surface area (Å²) in [6.07, 6.45) is 15.5. The summed E-state index contributed by atoms with van der Waals surface area (Å²) in [5.41, 5.74) is 5.01. The van der Waals surface area contributed by atoms with E-state index in [4.69, 9.17) is 0 Å². The molecule has 0 spiro atoms. The Kier molecular flexibility index (Phi) is 5.33. The fourth-order valence-corrected chi connectivity index (χ4v) is 5.50. The van der Waals surface area contributed by atoms with Crippen LogP contribution in [0.15, 0.2) is 43.5 Å². The fraction of sp³-hybridized carbons (Fsp3) is 0.480. The molecule has 1 fully saturated rings. The Bertz CT molecular complexity index is 851. The van der Waals surface area contributed by atoms with E-state index in [1.165, 1.54) is 55.1 Å². The van der Waals surface area contributed by atoms with Crippen molar-refractivity contribution >= 4 is 17.2 Å². The van der Waals surface area contributed by atoms with Crippen LogP contribution in [0.25, 0.3) is 10.9 Å². The van der Waals surface area contributed by atoms with Crippen molar-refractivity contribution in [2.24, 2.45) is 5.92 Å². The SMILES string of the molecule is C=CC1CCCn2c(c(C3CCCCCC3)c3ccc(C=O)cc32)C1C=C. The molecule has 0 bridgehead atoms. The molecule has 2 unspecified atom stereocenters. The highest BCUT2D eigenvalue weighted by Crippen LogP contribution is 2.46. The van der Waals surface area contributed by atoms with Crippen molar-refractivity contribution in [2.45, 2.75) is 69.7 Å². The van der Waals surface area contributed by atoms with E-state index < -0.39 is 0 Å². The molecular formula is C25H31NO. The molecule has 1 aromatic heterocycles. The van der Waals surface area contributed by atoms with Crippen molar-refractivity contribution in [2.75, 3.05) is 0 Å². The van der Waals surface area contributed by atoms with Gasteiger partial charge in [-0.1, -0.05) is 50.0 Å². The summed E-state index contributed by atoms with van der Waals surface area (Å²) in [6, 6.07) is 6.29. The molecule has 2 aromatic rings. The molecule has 2 aliphatic rings. The minimum Gasteiger partial charge on any atom is -0.344 e. The van der Waals surface area contributed by atoms with Crippen LogP contribution in [-0.2, 0) is 6.54 Å². The molecule has 0 N–H and O–H groups in total. The van der Waals surface area contributed by atoms with Crippen LogP contribution in [0.1, 0.15) is 84.8 Å². The molecule has 1 aliphatic heterocycles. The van der Waals surface area contributed by atoms with E-state index >= 15 is 0 Å². The summed E-state index contributed by atoms with van der Waals surface area (Å²) >= 11 is 0. The number of aldehydes is 1. The minimum absolute atomic E-state index is 0.315. The number of hydrogen-bond acceptors (Lipinski definition) is 1. The van der Waals surface area contributed by atoms with E-state index in [0.29, 0.717) is 17.8 Å². The standard InChI is InChI=1S/C25H31NO/c1-3-19-12-9-15-26-23-16-18(17-27)13-14-22(23)24(25(26)21(19)4-2)20-10-7-5-6-8-11-20/h3-4,13-14,16-17,19-21H,1-2,5-12,15H2. The summed E-state index contributed by atoms with van der Waals surface area (Å²) in [7, 11) is 0. The lowest BCUT2D eigenvalue weighted by atomic mass is 9.81. The molecule has 1 aromatic carbocycles. The quantitative estimate of drug-likeness (QED) is 0.335. The maximum atomic E-state index is 11.4. The second-order valence-corrected chi connectivity index (χ2v) is 8.34. The molecule has 1 aliphatic carbocycles. The van der Waals surface area contributed by atoms with Crippen LogP contribution in [0.2, 0.25) is 0 Å². The Morgan fingerprint density at radius 1 is 0.963 bits per heavy atom. The predicted molar refractivity (Wildman–Crippen MR) is 114 cm³/mol. The second kappa shape index (κ2) is 7.88. The minimum atomic E-state index is 0.315. The van der Waals surface area contributed by atoms with Gasteiger partial charge in [0, 0.05) is 34.6 Å². The van der Waals surface area contributed by atoms with Crippen LogP contribution in [0.5, 0.6) is 0 Å². The molecule has 0 saturated heterocycles. The van der Waals surface area contributed by atoms with Crippen LogP contribution in [0, 0.1) is 5.92 Å². The Labute approximate surface area is 163 Å². The van der Waals surface area contributed by atoms with Gasteiger partial charge in [-0.15, -0.1) is 13.2 Å². The van der Waals surface area contributed by atoms with Gasteiger partial charge in [0.05, 0.1) is 0 Å². The van der Waals surface area contributed by atoms with Crippen molar-refractivity contribution in [3.05, 3.63) is 60.3 Å². The molecule has 2 heterocycles. The van der Waals surface area contributed by atoms with Crippen LogP contribution in [-0.4, -0.2) is 10.9 Å². The summed E-state index contributed by atoms with van der Waals surface area (Å²) in [4.78, 5) is 11.4. The van der Waals surface area contributed by atoms with E-state index in [1.54, 1.807) is 5.56 Å². The van der Waals surface area contributed by atoms with Crippen molar-refractivity contribution in [3.63, 3.8) is 0 Å². The number of carbonyl (C=O) groups excluding carboxylic acids is 1. The normalized spacial score (nSPS) is 24.0. The third-order valence-corrected chi connectivity index (χ3v) is 6.82. The smallest absolute Gasteiger partial charge is 0.150 e. The van der Waals surface area contributed by atoms with Crippen LogP contribution < -0.4 is 0 Å². The van der Waals surface area contributed by atoms with Crippen LogP contribution in [0.3, 0.4) is 0 Å². The van der Waals surface area contributed by atoms with Gasteiger partial charge >= 0.3 is 0 Å². The third-order valence-electron chi connectivity index (χ3n) is 6.82. The topological polar surface area (TPSA) is 22.0 Å². The molecule has 27 heavy (non-hydrogen) atoms. The fourth-order valence-electron chi connectivity index (χ4n) is 5.50. The number of carbonyl (C=O) groups is 1. The Balaban J connectivity index is 1.99. The van der Waals surface area contributed by atoms with Gasteiger partial charge in [-0.25, -0.2) is 0 Å². The number of aromatic nitrogens is 1. The highest BCUT2D eigenvalue weighted by atomic mass is 16.1. The van der Waals surface area contributed by atoms with Gasteiger partial charge in [-0.2, -0.15) is 0 Å². The highest BCUT2D eigenvalue weighted by molar-refractivity contribution is 5.91. The maximum Gasteiger partial charge on any atom is 0.150 e. The summed E-state index contributed by atoms with van der Waals surface area (Å²) in [6.45, 7) is 9.37. The Morgan fingerprint density at radius 2 is 1.74 bits per heavy atom. The Hall–Kier alpha value is -2.09. The first-order valence-electron chi connectivity index (χ1n) is 10.6. The van der Waals surface area contributed by atoms with E-state index in [1.807, 2.05) is 6.07 Å². The van der Waals surface area contributed by atoms with Gasteiger partial charge in [0.15, 0.2) is 0 Å². The summed E-state index contributed by atoms with van der Waals surface area (Å²) in [5, 5.41) is 1.36. The van der Waals surface area contributed by atoms with Crippen molar-refractivity contribution < 1.29 is 4.79 Å². The number of hydrogen-bond donors (Lipinski definition) is 0. The molecular weight excluding hydrogens is 330 g/mol. The number of fused-ring (bicyclic) bond motifs is 3. The van der Waals surface area contributed by atoms with Crippen LogP contribution >= 0.6 is 0 Å². The van der Waals surface area contributed by atoms with Gasteiger partial charge in [0.1, 0.15) is 6.29 Å². The Morgan fingerprint density at radius 3 is 2.41 bits per heavy atom. The molecule has 0 amide bonds. The second-order valence-electron chi connectivity index (χ2n) is 8.34. The molecule has 142 valence electrons. The lowest BCUT2D eigenvalue weighted by Gasteiger charge is -2.24. The van der Waals surface area contributed by atoms with E-state index in [9.17, 15) is 4.79 Å². The van der Waals surface area contributed by atoms with Gasteiger partial charge in [-0.05, 0) is 49.1 Å². The molecule has 4 rings (SSSR count). The number of allylic oxidation sites excluding steroid dienone is 2. The number of rotatable bonds is 4. The molecule has 2 heteroatoms. The third kappa shape index (κ3) is 3.20. The zero-order chi connectivity index (χ0) is 18.8. The number of benzene rings is 1. The average Bonchev–Trinajstić information content (AvgIpc) is 2.90. The van der Waals surface area contributed by atoms with E-state index in [-0.39, 0.29) is 0 Å². The van der Waals surface area contributed by atoms with Gasteiger partial charge in [-0.3, -0.25) is 4.79 Å². The molecule has 1 saturated carbocycles. The number of aryl methyl sites for hydroxylation is 1. The van der Waals surface area contributed by atoms with Gasteiger partial charge in [0.25, 0.3) is 0 Å². The predicted octanol–water partition coefficient (Wildman–Crippen LogP) is 6.76. The van der Waals surface area contributed by atoms with E-state index in [2.05, 4.69) is 42.0 Å². The number of nitrogens with zero attached hydrogens (tertiary/aromatic N) is 1. The first-order valence-corrected chi connectivity index (χ1v) is 10.6. The molecule has 2 atom stereocenters. The average molecular weight is 362 g/mol. The monoisotopic (exact) mass is 361 g/mol. The first-order chi connectivity index (χ1) is 13.3. The van der Waals surface area contributed by atoms with Crippen molar-refractivity contribution in [3.8, 4) is 0 Å². The maximum absolute atomic E-state index is 11.4. The van der Waals surface area contributed by atoms with Crippen molar-refractivity contribution in [1.82, 2.24) is 4.57 Å². The summed E-state index contributed by atoms with van der Waals surface area (Å²) < 4.78 is 2.51. The largest absolute Gasteiger partial charge is 0.344 e. The zero-order valence-electron chi connectivity index (χ0n) is 16.3. The van der Waals surface area contributed by atoms with Gasteiger partial charge in [0.2, 0.25) is 0 Å². The molecule has 2 nitrogen and oxygen atoms in total. The first kappa shape index (κ1) is 18.3. The van der Waals surface area contributed by atoms with Crippen LogP contribution in [0.4, 0.5) is 0 Å². The van der Waals surface area contributed by atoms with Crippen molar-refractivity contribution in [1.29, 1.82) is 0 Å². The zero-order valence-corrected chi connectivity index (χ0v) is 16.3. The van der Waals surface area contributed by atoms with E-state index in [0.717, 1.165) is 31.2 Å². The highest BCUT2D eigenvalue weighted by Gasteiger charge is 2.32. The van der Waals surface area contributed by atoms with Gasteiger partial charge < -0.3 is 4.57 Å². The lowest BCUT2D eigenvalue weighted by Crippen LogP contribution is -2.13. The molecule has 0 radical (unpaired) electrons. The summed E-state index contributed by atoms with van der Waals surface area (Å²) in [5.74, 6) is 1.39.